The standard InChI is InChI=1S/C6H13NO.C2H2/c1-4-5-7(3)6(2)8;1-2/h4-5H2,1-3H3;1-2H. The largest absolute Gasteiger partial charge is 0.346 e. The average Bonchev–Trinajstić information content (AvgIpc) is 1.93. The summed E-state index contributed by atoms with van der Waals surface area (Å²) >= 11 is 0. The summed E-state index contributed by atoms with van der Waals surface area (Å²) in [5, 5.41) is 0. The number of terminal acetylenes is 1. The third kappa shape index (κ3) is 7.03. The van der Waals surface area contributed by atoms with Gasteiger partial charge >= 0.3 is 0 Å². The van der Waals surface area contributed by atoms with Gasteiger partial charge in [-0.2, -0.15) is 0 Å². The van der Waals surface area contributed by atoms with E-state index < -0.39 is 0 Å². The van der Waals surface area contributed by atoms with Crippen molar-refractivity contribution in [2.24, 2.45) is 0 Å². The van der Waals surface area contributed by atoms with Crippen LogP contribution in [0.2, 0.25) is 0 Å². The molecule has 0 unspecified atom stereocenters. The molecule has 58 valence electrons. The Kier molecular flexibility index (Phi) is 9.46. The molecule has 0 atom stereocenters. The van der Waals surface area contributed by atoms with Gasteiger partial charge in [0.1, 0.15) is 0 Å². The predicted molar refractivity (Wildman–Crippen MR) is 43.5 cm³/mol. The van der Waals surface area contributed by atoms with E-state index >= 15 is 0 Å². The van der Waals surface area contributed by atoms with Gasteiger partial charge in [0.25, 0.3) is 0 Å². The van der Waals surface area contributed by atoms with Crippen LogP contribution < -0.4 is 0 Å². The highest BCUT2D eigenvalue weighted by Gasteiger charge is 1.96. The molecule has 2 heteroatoms. The Balaban J connectivity index is 0. The van der Waals surface area contributed by atoms with Crippen molar-refractivity contribution < 1.29 is 4.79 Å². The smallest absolute Gasteiger partial charge is 0.219 e. The van der Waals surface area contributed by atoms with Crippen LogP contribution in [0.5, 0.6) is 0 Å². The Morgan fingerprint density at radius 3 is 2.00 bits per heavy atom. The second kappa shape index (κ2) is 8.03. The molecule has 0 rings (SSSR count). The van der Waals surface area contributed by atoms with Gasteiger partial charge in [-0.1, -0.05) is 6.92 Å². The molecule has 2 nitrogen and oxygen atoms in total. The normalized spacial score (nSPS) is 7.30. The van der Waals surface area contributed by atoms with Gasteiger partial charge in [0, 0.05) is 20.5 Å². The maximum atomic E-state index is 10.5. The lowest BCUT2D eigenvalue weighted by Crippen LogP contribution is -2.24. The van der Waals surface area contributed by atoms with Crippen LogP contribution in [0.3, 0.4) is 0 Å². The van der Waals surface area contributed by atoms with Crippen molar-refractivity contribution in [2.45, 2.75) is 20.3 Å². The molecule has 0 N–H and O–H groups in total. The number of carbonyl (C=O) groups excluding carboxylic acids is 1. The molecule has 0 spiro atoms. The Morgan fingerprint density at radius 2 is 1.90 bits per heavy atom. The summed E-state index contributed by atoms with van der Waals surface area (Å²) in [4.78, 5) is 12.2. The summed E-state index contributed by atoms with van der Waals surface area (Å²) in [5.41, 5.74) is 0. The summed E-state index contributed by atoms with van der Waals surface area (Å²) in [6.45, 7) is 4.50. The fourth-order valence-electron chi connectivity index (χ4n) is 0.493. The summed E-state index contributed by atoms with van der Waals surface area (Å²) in [6.07, 6.45) is 9.04. The lowest BCUT2D eigenvalue weighted by Gasteiger charge is -2.11. The van der Waals surface area contributed by atoms with Crippen LogP contribution in [-0.4, -0.2) is 24.4 Å². The van der Waals surface area contributed by atoms with Crippen molar-refractivity contribution in [1.29, 1.82) is 0 Å². The molecule has 0 radical (unpaired) electrons. The summed E-state index contributed by atoms with van der Waals surface area (Å²) in [5.74, 6) is 0.145. The molecule has 0 saturated heterocycles. The topological polar surface area (TPSA) is 20.3 Å². The van der Waals surface area contributed by atoms with Crippen LogP contribution in [0.15, 0.2) is 0 Å². The van der Waals surface area contributed by atoms with Crippen LogP contribution in [0.4, 0.5) is 0 Å². The van der Waals surface area contributed by atoms with Crippen molar-refractivity contribution in [3.63, 3.8) is 0 Å². The SMILES string of the molecule is C#C.CCCN(C)C(C)=O. The molecule has 0 aromatic carbocycles. The highest BCUT2D eigenvalue weighted by atomic mass is 16.2. The Morgan fingerprint density at radius 1 is 1.50 bits per heavy atom. The quantitative estimate of drug-likeness (QED) is 0.528. The van der Waals surface area contributed by atoms with Crippen molar-refractivity contribution in [3.8, 4) is 12.8 Å². The van der Waals surface area contributed by atoms with Crippen molar-refractivity contribution >= 4 is 5.91 Å². The lowest BCUT2D eigenvalue weighted by molar-refractivity contribution is -0.127. The fraction of sp³-hybridized carbons (Fsp3) is 0.625. The number of amides is 1. The van der Waals surface area contributed by atoms with E-state index in [1.54, 1.807) is 11.8 Å². The highest BCUT2D eigenvalue weighted by molar-refractivity contribution is 5.72. The zero-order chi connectivity index (χ0) is 8.57. The number of nitrogens with zero attached hydrogens (tertiary/aromatic N) is 1. The second-order valence-electron chi connectivity index (χ2n) is 1.94. The third-order valence-electron chi connectivity index (χ3n) is 1.10. The van der Waals surface area contributed by atoms with Crippen molar-refractivity contribution in [3.05, 3.63) is 0 Å². The van der Waals surface area contributed by atoms with Gasteiger partial charge in [-0.15, -0.1) is 12.8 Å². The van der Waals surface area contributed by atoms with Crippen molar-refractivity contribution in [2.75, 3.05) is 13.6 Å². The van der Waals surface area contributed by atoms with E-state index in [1.165, 1.54) is 0 Å². The minimum Gasteiger partial charge on any atom is -0.346 e. The molecule has 1 amide bonds. The molecule has 10 heavy (non-hydrogen) atoms. The van der Waals surface area contributed by atoms with Crippen LogP contribution in [0.25, 0.3) is 0 Å². The first kappa shape index (κ1) is 11.8. The lowest BCUT2D eigenvalue weighted by atomic mass is 10.4. The Bertz CT molecular complexity index is 107. The van der Waals surface area contributed by atoms with E-state index in [0.29, 0.717) is 0 Å². The van der Waals surface area contributed by atoms with Crippen LogP contribution in [0, 0.1) is 12.8 Å². The van der Waals surface area contributed by atoms with Gasteiger partial charge in [0.05, 0.1) is 0 Å². The Labute approximate surface area is 63.2 Å². The molecular formula is C8H15NO. The molecule has 0 fully saturated rings. The van der Waals surface area contributed by atoms with Crippen LogP contribution >= 0.6 is 0 Å². The minimum atomic E-state index is 0.145. The number of carbonyl (C=O) groups is 1. The van der Waals surface area contributed by atoms with Gasteiger partial charge in [0.15, 0.2) is 0 Å². The first-order valence-corrected chi connectivity index (χ1v) is 3.23. The predicted octanol–water partition coefficient (Wildman–Crippen LogP) is 1.12. The summed E-state index contributed by atoms with van der Waals surface area (Å²) in [7, 11) is 1.81. The number of hydrogen-bond donors (Lipinski definition) is 0. The van der Waals surface area contributed by atoms with E-state index in [0.717, 1.165) is 13.0 Å². The fourth-order valence-corrected chi connectivity index (χ4v) is 0.493. The van der Waals surface area contributed by atoms with E-state index in [9.17, 15) is 4.79 Å². The summed E-state index contributed by atoms with van der Waals surface area (Å²) in [6, 6.07) is 0. The van der Waals surface area contributed by atoms with Crippen LogP contribution in [-0.2, 0) is 4.79 Å². The number of hydrogen-bond acceptors (Lipinski definition) is 1. The monoisotopic (exact) mass is 141 g/mol. The molecule has 0 aliphatic carbocycles. The Hall–Kier alpha value is -0.970. The molecule has 0 aromatic rings. The van der Waals surface area contributed by atoms with E-state index in [1.807, 2.05) is 7.05 Å². The second-order valence-corrected chi connectivity index (χ2v) is 1.94. The first-order chi connectivity index (χ1) is 4.68. The minimum absolute atomic E-state index is 0.145. The highest BCUT2D eigenvalue weighted by Crippen LogP contribution is 1.84. The maximum absolute atomic E-state index is 10.5. The first-order valence-electron chi connectivity index (χ1n) is 3.23. The van der Waals surface area contributed by atoms with Gasteiger partial charge in [-0.05, 0) is 6.42 Å². The van der Waals surface area contributed by atoms with Crippen LogP contribution in [0.1, 0.15) is 20.3 Å². The third-order valence-corrected chi connectivity index (χ3v) is 1.10. The van der Waals surface area contributed by atoms with Crippen molar-refractivity contribution in [1.82, 2.24) is 4.90 Å². The number of rotatable bonds is 2. The molecule has 0 aromatic heterocycles. The zero-order valence-corrected chi connectivity index (χ0v) is 6.92. The van der Waals surface area contributed by atoms with Gasteiger partial charge < -0.3 is 4.90 Å². The molecule has 0 aliphatic rings. The van der Waals surface area contributed by atoms with E-state index in [2.05, 4.69) is 19.8 Å². The molecule has 0 saturated carbocycles. The molecule has 0 aliphatic heterocycles. The summed E-state index contributed by atoms with van der Waals surface area (Å²) < 4.78 is 0. The van der Waals surface area contributed by atoms with E-state index in [-0.39, 0.29) is 5.91 Å². The molecule has 0 heterocycles. The zero-order valence-electron chi connectivity index (χ0n) is 6.92. The molecule has 0 bridgehead atoms. The van der Waals surface area contributed by atoms with Gasteiger partial charge in [-0.3, -0.25) is 4.79 Å². The maximum Gasteiger partial charge on any atom is 0.219 e. The van der Waals surface area contributed by atoms with E-state index in [4.69, 9.17) is 0 Å². The van der Waals surface area contributed by atoms with Gasteiger partial charge in [-0.25, -0.2) is 0 Å². The average molecular weight is 141 g/mol. The molecular weight excluding hydrogens is 126 g/mol. The van der Waals surface area contributed by atoms with Gasteiger partial charge in [0.2, 0.25) is 5.91 Å².